The predicted octanol–water partition coefficient (Wildman–Crippen LogP) is 2.76. The number of amides is 2. The van der Waals surface area contributed by atoms with Gasteiger partial charge in [0, 0.05) is 11.5 Å². The minimum atomic E-state index is -0.734. The van der Waals surface area contributed by atoms with Gasteiger partial charge in [-0.2, -0.15) is 5.26 Å². The van der Waals surface area contributed by atoms with E-state index in [1.807, 2.05) is 20.8 Å². The van der Waals surface area contributed by atoms with Crippen molar-refractivity contribution in [1.82, 2.24) is 10.2 Å². The van der Waals surface area contributed by atoms with E-state index in [0.29, 0.717) is 44.0 Å². The van der Waals surface area contributed by atoms with Crippen molar-refractivity contribution in [3.8, 4) is 6.07 Å². The predicted molar refractivity (Wildman–Crippen MR) is 130 cm³/mol. The molecule has 0 spiro atoms. The van der Waals surface area contributed by atoms with Crippen LogP contribution in [0.3, 0.4) is 0 Å². The molecule has 1 saturated heterocycles. The zero-order valence-electron chi connectivity index (χ0n) is 21.8. The van der Waals surface area contributed by atoms with Gasteiger partial charge in [-0.3, -0.25) is 4.79 Å². The van der Waals surface area contributed by atoms with Crippen molar-refractivity contribution in [3.63, 3.8) is 0 Å². The van der Waals surface area contributed by atoms with Gasteiger partial charge in [0.15, 0.2) is 0 Å². The average Bonchev–Trinajstić information content (AvgIpc) is 3.44. The first kappa shape index (κ1) is 25.7. The van der Waals surface area contributed by atoms with Gasteiger partial charge >= 0.3 is 6.09 Å². The zero-order chi connectivity index (χ0) is 25.7. The van der Waals surface area contributed by atoms with Crippen molar-refractivity contribution < 1.29 is 28.9 Å². The van der Waals surface area contributed by atoms with Gasteiger partial charge in [0.1, 0.15) is 17.7 Å². The van der Waals surface area contributed by atoms with Crippen molar-refractivity contribution in [1.29, 1.82) is 5.26 Å². The lowest BCUT2D eigenvalue weighted by Crippen LogP contribution is -2.67. The Morgan fingerprint density at radius 2 is 1.83 bits per heavy atom. The Labute approximate surface area is 213 Å². The van der Waals surface area contributed by atoms with Crippen LogP contribution in [-0.4, -0.2) is 77.8 Å². The molecule has 4 bridgehead atoms. The van der Waals surface area contributed by atoms with Gasteiger partial charge < -0.3 is 29.5 Å². The number of piperidine rings is 1. The van der Waals surface area contributed by atoms with Crippen molar-refractivity contribution in [2.75, 3.05) is 26.4 Å². The first-order valence-corrected chi connectivity index (χ1v) is 13.6. The normalized spacial score (nSPS) is 38.9. The highest BCUT2D eigenvalue weighted by atomic mass is 16.6. The summed E-state index contributed by atoms with van der Waals surface area (Å²) < 4.78 is 17.5. The van der Waals surface area contributed by atoms with Crippen LogP contribution in [0.15, 0.2) is 0 Å². The second-order valence-corrected chi connectivity index (χ2v) is 13.0. The van der Waals surface area contributed by atoms with E-state index in [1.54, 1.807) is 4.90 Å². The number of fused-ring (bicyclic) bond motifs is 1. The van der Waals surface area contributed by atoms with Crippen LogP contribution in [0.5, 0.6) is 0 Å². The highest BCUT2D eigenvalue weighted by Gasteiger charge is 2.64. The summed E-state index contributed by atoms with van der Waals surface area (Å²) in [7, 11) is 0. The van der Waals surface area contributed by atoms with Crippen molar-refractivity contribution in [2.24, 2.45) is 23.2 Å². The van der Waals surface area contributed by atoms with Crippen LogP contribution in [0.25, 0.3) is 0 Å². The molecule has 0 aromatic rings. The number of nitrogens with zero attached hydrogens (tertiary/aromatic N) is 2. The lowest BCUT2D eigenvalue weighted by atomic mass is 9.46. The third-order valence-corrected chi connectivity index (χ3v) is 8.95. The number of alkyl carbamates (subject to hydrolysis) is 1. The Morgan fingerprint density at radius 3 is 2.47 bits per heavy atom. The summed E-state index contributed by atoms with van der Waals surface area (Å²) in [5, 5.41) is 21.8. The van der Waals surface area contributed by atoms with Crippen LogP contribution < -0.4 is 5.32 Å². The summed E-state index contributed by atoms with van der Waals surface area (Å²) in [5.74, 6) is 1.17. The molecule has 6 rings (SSSR count). The molecule has 3 unspecified atom stereocenters. The molecule has 6 fully saturated rings. The van der Waals surface area contributed by atoms with Crippen LogP contribution in [0.2, 0.25) is 0 Å². The summed E-state index contributed by atoms with van der Waals surface area (Å²) in [6, 6.07) is 1.29. The maximum atomic E-state index is 14.2. The van der Waals surface area contributed by atoms with Crippen molar-refractivity contribution in [2.45, 2.75) is 101 Å². The Bertz CT molecular complexity index is 896. The van der Waals surface area contributed by atoms with E-state index in [-0.39, 0.29) is 24.2 Å². The second-order valence-electron chi connectivity index (χ2n) is 13.0. The number of hydrogen-bond donors (Lipinski definition) is 2. The zero-order valence-corrected chi connectivity index (χ0v) is 21.8. The van der Waals surface area contributed by atoms with Crippen LogP contribution in [-0.2, 0) is 19.0 Å². The van der Waals surface area contributed by atoms with Gasteiger partial charge in [-0.1, -0.05) is 0 Å². The summed E-state index contributed by atoms with van der Waals surface area (Å²) >= 11 is 0. The summed E-state index contributed by atoms with van der Waals surface area (Å²) in [5.41, 5.74) is -1.43. The number of nitriles is 1. The molecule has 9 nitrogen and oxygen atoms in total. The Hall–Kier alpha value is -1.89. The Balaban J connectivity index is 1.40. The van der Waals surface area contributed by atoms with E-state index in [2.05, 4.69) is 11.4 Å². The van der Waals surface area contributed by atoms with E-state index in [4.69, 9.17) is 19.3 Å². The molecule has 9 heteroatoms. The van der Waals surface area contributed by atoms with Crippen LogP contribution in [0.4, 0.5) is 4.79 Å². The molecule has 0 radical (unpaired) electrons. The first-order valence-electron chi connectivity index (χ1n) is 13.6. The lowest BCUT2D eigenvalue weighted by Gasteiger charge is -2.63. The molecule has 1 aliphatic heterocycles. The lowest BCUT2D eigenvalue weighted by molar-refractivity contribution is -0.206. The number of ether oxygens (including phenoxy) is 3. The number of aliphatic hydroxyl groups is 1. The van der Waals surface area contributed by atoms with Crippen LogP contribution in [0.1, 0.15) is 72.1 Å². The average molecular weight is 504 g/mol. The van der Waals surface area contributed by atoms with Gasteiger partial charge in [0.2, 0.25) is 5.91 Å². The molecule has 2 amide bonds. The summed E-state index contributed by atoms with van der Waals surface area (Å²) in [4.78, 5) is 29.0. The largest absolute Gasteiger partial charge is 0.444 e. The van der Waals surface area contributed by atoms with E-state index in [9.17, 15) is 14.9 Å². The molecule has 0 aromatic heterocycles. The maximum absolute atomic E-state index is 14.2. The SMILES string of the molecule is CC(C)(C)OC(=O)NC(C(=O)N1[C@H](C#N)C[C@@H]2C[C@@H]21)C12CC3CC(CC(OCCOCCO)(C3)C1)C2. The smallest absolute Gasteiger partial charge is 0.408 e. The van der Waals surface area contributed by atoms with Crippen LogP contribution in [0, 0.1) is 34.5 Å². The van der Waals surface area contributed by atoms with E-state index in [1.165, 1.54) is 0 Å². The molecule has 0 aromatic carbocycles. The highest BCUT2D eigenvalue weighted by Crippen LogP contribution is 2.64. The molecule has 5 saturated carbocycles. The standard InChI is InChI=1S/C27H41N3O6/c1-25(2,3)36-24(33)29-22(23(32)30-20(15-28)9-19-10-21(19)30)26-11-17-8-18(12-26)14-27(13-17,16-26)35-7-6-34-5-4-31/h17-22,31H,4-14,16H2,1-3H3,(H,29,33)/t17?,18?,19-,20+,21+,22?,26?,27?/m1/s1. The van der Waals surface area contributed by atoms with Gasteiger partial charge in [-0.05, 0) is 89.9 Å². The molecule has 5 aliphatic carbocycles. The molecule has 36 heavy (non-hydrogen) atoms. The van der Waals surface area contributed by atoms with Gasteiger partial charge in [-0.25, -0.2) is 4.79 Å². The third kappa shape index (κ3) is 4.97. The highest BCUT2D eigenvalue weighted by molar-refractivity contribution is 5.88. The molecular formula is C27H41N3O6. The third-order valence-electron chi connectivity index (χ3n) is 8.95. The topological polar surface area (TPSA) is 121 Å². The Morgan fingerprint density at radius 1 is 1.11 bits per heavy atom. The van der Waals surface area contributed by atoms with Gasteiger partial charge in [0.25, 0.3) is 0 Å². The quantitative estimate of drug-likeness (QED) is 0.464. The molecular weight excluding hydrogens is 462 g/mol. The maximum Gasteiger partial charge on any atom is 0.408 e. The molecule has 6 atom stereocenters. The number of carbonyl (C=O) groups excluding carboxylic acids is 2. The number of aliphatic hydroxyl groups excluding tert-OH is 1. The fraction of sp³-hybridized carbons (Fsp3) is 0.889. The Kier molecular flexibility index (Phi) is 6.76. The number of nitrogens with one attached hydrogen (secondary N) is 1. The number of rotatable bonds is 9. The fourth-order valence-electron chi connectivity index (χ4n) is 8.18. The number of likely N-dealkylation sites (tertiary alicyclic amines) is 1. The van der Waals surface area contributed by atoms with Gasteiger partial charge in [0.05, 0.1) is 38.1 Å². The van der Waals surface area contributed by atoms with Crippen molar-refractivity contribution in [3.05, 3.63) is 0 Å². The fourth-order valence-corrected chi connectivity index (χ4v) is 8.18. The minimum absolute atomic E-state index is 0.0133. The van der Waals surface area contributed by atoms with Gasteiger partial charge in [-0.15, -0.1) is 0 Å². The monoisotopic (exact) mass is 503 g/mol. The summed E-state index contributed by atoms with van der Waals surface area (Å²) in [6.07, 6.45) is 6.62. The molecule has 2 N–H and O–H groups in total. The first-order chi connectivity index (χ1) is 17.1. The molecule has 6 aliphatic rings. The van der Waals surface area contributed by atoms with Crippen LogP contribution >= 0.6 is 0 Å². The number of hydrogen-bond acceptors (Lipinski definition) is 7. The van der Waals surface area contributed by atoms with Crippen molar-refractivity contribution >= 4 is 12.0 Å². The van der Waals surface area contributed by atoms with E-state index in [0.717, 1.165) is 44.9 Å². The molecule has 1 heterocycles. The second kappa shape index (κ2) is 9.45. The summed E-state index contributed by atoms with van der Waals surface area (Å²) in [6.45, 7) is 6.59. The van der Waals surface area contributed by atoms with E-state index >= 15 is 0 Å². The number of carbonyl (C=O) groups is 2. The molecule has 200 valence electrons. The minimum Gasteiger partial charge on any atom is -0.444 e. The van der Waals surface area contributed by atoms with E-state index < -0.39 is 29.2 Å².